The second-order valence-corrected chi connectivity index (χ2v) is 6.15. The van der Waals surface area contributed by atoms with E-state index < -0.39 is 5.97 Å². The highest BCUT2D eigenvalue weighted by Gasteiger charge is 2.27. The number of hydrogen-bond acceptors (Lipinski definition) is 5. The van der Waals surface area contributed by atoms with E-state index in [9.17, 15) is 14.4 Å². The number of carbonyl (C=O) groups is 3. The third-order valence-electron chi connectivity index (χ3n) is 4.34. The Bertz CT molecular complexity index is 932. The fourth-order valence-electron chi connectivity index (χ4n) is 2.77. The number of carbonyl (C=O) groups excluding carboxylic acids is 3. The van der Waals surface area contributed by atoms with E-state index in [1.165, 1.54) is 6.08 Å². The van der Waals surface area contributed by atoms with Gasteiger partial charge in [-0.3, -0.25) is 9.59 Å². The van der Waals surface area contributed by atoms with Gasteiger partial charge in [0.1, 0.15) is 5.75 Å². The van der Waals surface area contributed by atoms with Crippen LogP contribution in [-0.2, 0) is 14.3 Å². The Hall–Kier alpha value is -3.41. The molecule has 0 fully saturated rings. The molecule has 1 aliphatic heterocycles. The zero-order valence-corrected chi connectivity index (χ0v) is 15.0. The average molecular weight is 365 g/mol. The number of esters is 1. The highest BCUT2D eigenvalue weighted by Crippen LogP contribution is 2.32. The number of Topliss-reactive ketones (excluding diaryl/α,β-unsaturated/α-hetero) is 1. The number of nitrogens with one attached hydrogen (secondary N) is 1. The molecule has 0 unspecified atom stereocenters. The average Bonchev–Trinajstić information content (AvgIpc) is 2.98. The third kappa shape index (κ3) is 4.23. The van der Waals surface area contributed by atoms with Crippen LogP contribution in [0.3, 0.4) is 0 Å². The molecule has 6 nitrogen and oxygen atoms in total. The van der Waals surface area contributed by atoms with Gasteiger partial charge in [0.2, 0.25) is 5.91 Å². The first kappa shape index (κ1) is 18.4. The summed E-state index contributed by atoms with van der Waals surface area (Å²) in [4.78, 5) is 35.8. The second-order valence-electron chi connectivity index (χ2n) is 6.15. The predicted octanol–water partition coefficient (Wildman–Crippen LogP) is 3.19. The largest absolute Gasteiger partial charge is 0.497 e. The summed E-state index contributed by atoms with van der Waals surface area (Å²) < 4.78 is 10.1. The molecule has 0 bridgehead atoms. The first-order valence-corrected chi connectivity index (χ1v) is 8.45. The minimum atomic E-state index is -0.613. The van der Waals surface area contributed by atoms with Gasteiger partial charge < -0.3 is 14.8 Å². The van der Waals surface area contributed by atoms with E-state index in [1.54, 1.807) is 50.4 Å². The van der Waals surface area contributed by atoms with E-state index >= 15 is 0 Å². The number of ketones is 1. The second kappa shape index (κ2) is 7.86. The quantitative estimate of drug-likeness (QED) is 0.483. The molecular formula is C21H19NO5. The maximum Gasteiger partial charge on any atom is 0.331 e. The Morgan fingerprint density at radius 2 is 2.00 bits per heavy atom. The Labute approximate surface area is 156 Å². The zero-order valence-electron chi connectivity index (χ0n) is 15.0. The molecule has 1 aliphatic rings. The smallest absolute Gasteiger partial charge is 0.331 e. The summed E-state index contributed by atoms with van der Waals surface area (Å²) in [7, 11) is 1.56. The van der Waals surface area contributed by atoms with Crippen LogP contribution in [0.5, 0.6) is 5.75 Å². The molecule has 1 heterocycles. The van der Waals surface area contributed by atoms with Crippen LogP contribution in [0.15, 0.2) is 48.5 Å². The van der Waals surface area contributed by atoms with Crippen LogP contribution in [0.25, 0.3) is 6.08 Å². The lowest BCUT2D eigenvalue weighted by Crippen LogP contribution is -2.13. The van der Waals surface area contributed by atoms with Gasteiger partial charge >= 0.3 is 5.97 Å². The molecular weight excluding hydrogens is 346 g/mol. The number of amides is 1. The summed E-state index contributed by atoms with van der Waals surface area (Å²) in [6, 6.07) is 12.2. The van der Waals surface area contributed by atoms with E-state index in [0.29, 0.717) is 17.0 Å². The molecule has 1 atom stereocenters. The zero-order chi connectivity index (χ0) is 19.4. The first-order chi connectivity index (χ1) is 13.0. The SMILES string of the molecule is COc1cccc(/C=C/C(=O)OCC(=O)c2ccc3c(c2)[C@H](C)C(=O)N3)c1. The topological polar surface area (TPSA) is 81.7 Å². The molecule has 27 heavy (non-hydrogen) atoms. The van der Waals surface area contributed by atoms with Crippen LogP contribution in [0.4, 0.5) is 5.69 Å². The fourth-order valence-corrected chi connectivity index (χ4v) is 2.77. The molecule has 1 N–H and O–H groups in total. The van der Waals surface area contributed by atoms with Gasteiger partial charge in [-0.25, -0.2) is 4.79 Å². The number of methoxy groups -OCH3 is 1. The van der Waals surface area contributed by atoms with Crippen molar-refractivity contribution in [3.63, 3.8) is 0 Å². The van der Waals surface area contributed by atoms with Gasteiger partial charge in [-0.2, -0.15) is 0 Å². The normalized spacial score (nSPS) is 15.3. The summed E-state index contributed by atoms with van der Waals surface area (Å²) in [5.41, 5.74) is 2.67. The van der Waals surface area contributed by atoms with E-state index in [1.807, 2.05) is 12.1 Å². The molecule has 0 saturated heterocycles. The van der Waals surface area contributed by atoms with Crippen molar-refractivity contribution in [2.75, 3.05) is 19.0 Å². The number of hydrogen-bond donors (Lipinski definition) is 1. The Morgan fingerprint density at radius 1 is 1.19 bits per heavy atom. The lowest BCUT2D eigenvalue weighted by atomic mass is 9.99. The summed E-state index contributed by atoms with van der Waals surface area (Å²) in [6.07, 6.45) is 2.85. The van der Waals surface area contributed by atoms with Crippen molar-refractivity contribution in [3.8, 4) is 5.75 Å². The monoisotopic (exact) mass is 365 g/mol. The van der Waals surface area contributed by atoms with Gasteiger partial charge in [-0.15, -0.1) is 0 Å². The number of ether oxygens (including phenoxy) is 2. The van der Waals surface area contributed by atoms with Crippen molar-refractivity contribution in [1.82, 2.24) is 0 Å². The van der Waals surface area contributed by atoms with E-state index in [0.717, 1.165) is 11.1 Å². The molecule has 0 spiro atoms. The summed E-state index contributed by atoms with van der Waals surface area (Å²) in [5, 5.41) is 2.75. The predicted molar refractivity (Wildman–Crippen MR) is 101 cm³/mol. The molecule has 1 amide bonds. The lowest BCUT2D eigenvalue weighted by Gasteiger charge is -2.06. The summed E-state index contributed by atoms with van der Waals surface area (Å²) in [6.45, 7) is 1.41. The van der Waals surface area contributed by atoms with Crippen LogP contribution >= 0.6 is 0 Å². The lowest BCUT2D eigenvalue weighted by molar-refractivity contribution is -0.136. The van der Waals surface area contributed by atoms with Crippen molar-refractivity contribution in [2.45, 2.75) is 12.8 Å². The van der Waals surface area contributed by atoms with E-state index in [4.69, 9.17) is 9.47 Å². The molecule has 0 radical (unpaired) electrons. The molecule has 6 heteroatoms. The number of anilines is 1. The molecule has 0 aromatic heterocycles. The third-order valence-corrected chi connectivity index (χ3v) is 4.34. The summed E-state index contributed by atoms with van der Waals surface area (Å²) >= 11 is 0. The van der Waals surface area contributed by atoms with E-state index in [2.05, 4.69) is 5.32 Å². The Balaban J connectivity index is 1.58. The highest BCUT2D eigenvalue weighted by atomic mass is 16.5. The van der Waals surface area contributed by atoms with Crippen LogP contribution in [-0.4, -0.2) is 31.4 Å². The van der Waals surface area contributed by atoms with Gasteiger partial charge in [0.15, 0.2) is 12.4 Å². The van der Waals surface area contributed by atoms with Crippen molar-refractivity contribution >= 4 is 29.4 Å². The van der Waals surface area contributed by atoms with Crippen molar-refractivity contribution in [1.29, 1.82) is 0 Å². The van der Waals surface area contributed by atoms with Gasteiger partial charge in [0.25, 0.3) is 0 Å². The highest BCUT2D eigenvalue weighted by molar-refractivity contribution is 6.05. The number of benzene rings is 2. The van der Waals surface area contributed by atoms with Gasteiger partial charge in [-0.1, -0.05) is 12.1 Å². The number of rotatable bonds is 6. The standard InChI is InChI=1S/C21H19NO5/c1-13-17-11-15(7-8-18(17)22-21(13)25)19(23)12-27-20(24)9-6-14-4-3-5-16(10-14)26-2/h3-11,13H,12H2,1-2H3,(H,22,25)/b9-6+/t13-/m0/s1. The molecule has 138 valence electrons. The molecule has 0 aliphatic carbocycles. The minimum Gasteiger partial charge on any atom is -0.497 e. The van der Waals surface area contributed by atoms with E-state index in [-0.39, 0.29) is 24.2 Å². The van der Waals surface area contributed by atoms with Crippen molar-refractivity contribution in [2.24, 2.45) is 0 Å². The Morgan fingerprint density at radius 3 is 2.78 bits per heavy atom. The Kier molecular flexibility index (Phi) is 5.35. The van der Waals surface area contributed by atoms with Crippen LogP contribution in [0.1, 0.15) is 34.3 Å². The summed E-state index contributed by atoms with van der Waals surface area (Å²) in [5.74, 6) is -0.658. The van der Waals surface area contributed by atoms with Crippen molar-refractivity contribution < 1.29 is 23.9 Å². The minimum absolute atomic E-state index is 0.0938. The molecule has 2 aromatic carbocycles. The van der Waals surface area contributed by atoms with Crippen molar-refractivity contribution in [3.05, 3.63) is 65.2 Å². The molecule has 3 rings (SSSR count). The number of fused-ring (bicyclic) bond motifs is 1. The van der Waals surface area contributed by atoms with Crippen LogP contribution < -0.4 is 10.1 Å². The van der Waals surface area contributed by atoms with Gasteiger partial charge in [0, 0.05) is 17.3 Å². The maximum atomic E-state index is 12.3. The van der Waals surface area contributed by atoms with Gasteiger partial charge in [0.05, 0.1) is 13.0 Å². The van der Waals surface area contributed by atoms with Crippen LogP contribution in [0.2, 0.25) is 0 Å². The van der Waals surface area contributed by atoms with Crippen LogP contribution in [0, 0.1) is 0 Å². The maximum absolute atomic E-state index is 12.3. The molecule has 0 saturated carbocycles. The fraction of sp³-hybridized carbons (Fsp3) is 0.190. The molecule has 2 aromatic rings. The van der Waals surface area contributed by atoms with Gasteiger partial charge in [-0.05, 0) is 54.5 Å². The first-order valence-electron chi connectivity index (χ1n) is 8.45.